The highest BCUT2D eigenvalue weighted by atomic mass is 19.3. The molecule has 34 heavy (non-hydrogen) atoms. The number of carbonyl (C=O) groups excluding carboxylic acids is 1. The summed E-state index contributed by atoms with van der Waals surface area (Å²) < 4.78 is 42.7. The molecule has 2 aromatic rings. The van der Waals surface area contributed by atoms with Gasteiger partial charge in [0, 0.05) is 42.3 Å². The van der Waals surface area contributed by atoms with Crippen LogP contribution in [0.4, 0.5) is 19.0 Å². The number of pyridine rings is 2. The molecule has 180 valence electrons. The van der Waals surface area contributed by atoms with Gasteiger partial charge in [-0.25, -0.2) is 18.2 Å². The summed E-state index contributed by atoms with van der Waals surface area (Å²) in [5.74, 6) is -5.87. The lowest BCUT2D eigenvalue weighted by Gasteiger charge is -2.15. The van der Waals surface area contributed by atoms with Crippen molar-refractivity contribution < 1.29 is 23.2 Å². The molecular weight excluding hydrogens is 449 g/mol. The lowest BCUT2D eigenvalue weighted by atomic mass is 9.95. The second-order valence-electron chi connectivity index (χ2n) is 8.08. The average Bonchev–Trinajstić information content (AvgIpc) is 3.46. The zero-order valence-electron chi connectivity index (χ0n) is 19.2. The predicted molar refractivity (Wildman–Crippen MR) is 125 cm³/mol. The number of oxime groups is 1. The van der Waals surface area contributed by atoms with Gasteiger partial charge in [-0.05, 0) is 37.5 Å². The van der Waals surface area contributed by atoms with Gasteiger partial charge in [0.05, 0.1) is 11.2 Å². The van der Waals surface area contributed by atoms with Crippen molar-refractivity contribution in [1.82, 2.24) is 9.55 Å². The molecule has 2 N–H and O–H groups in total. The maximum Gasteiger partial charge on any atom is 0.260 e. The fourth-order valence-electron chi connectivity index (χ4n) is 3.73. The number of allylic oxidation sites excluding steroid dienone is 5. The first-order chi connectivity index (χ1) is 16.0. The van der Waals surface area contributed by atoms with E-state index in [4.69, 9.17) is 5.21 Å². The van der Waals surface area contributed by atoms with E-state index in [0.29, 0.717) is 16.5 Å². The van der Waals surface area contributed by atoms with Gasteiger partial charge in [-0.15, -0.1) is 0 Å². The van der Waals surface area contributed by atoms with E-state index < -0.39 is 35.6 Å². The highest BCUT2D eigenvalue weighted by molar-refractivity contribution is 6.03. The molecule has 1 fully saturated rings. The Morgan fingerprint density at radius 1 is 1.44 bits per heavy atom. The van der Waals surface area contributed by atoms with Crippen LogP contribution in [0.5, 0.6) is 0 Å². The minimum absolute atomic E-state index is 0.0445. The number of nitrogens with one attached hydrogen (secondary N) is 1. The summed E-state index contributed by atoms with van der Waals surface area (Å²) in [5, 5.41) is 15.0. The van der Waals surface area contributed by atoms with Crippen LogP contribution in [-0.2, 0) is 11.8 Å². The topological polar surface area (TPSA) is 96.6 Å². The first-order valence-corrected chi connectivity index (χ1v) is 10.6. The first-order valence-electron chi connectivity index (χ1n) is 10.6. The summed E-state index contributed by atoms with van der Waals surface area (Å²) >= 11 is 0. The van der Waals surface area contributed by atoms with Crippen molar-refractivity contribution in [1.29, 1.82) is 0 Å². The number of aromatic nitrogens is 2. The molecular formula is C24H25F3N4O3. The fraction of sp³-hybridized carbons (Fsp3) is 0.333. The van der Waals surface area contributed by atoms with E-state index in [1.165, 1.54) is 30.8 Å². The van der Waals surface area contributed by atoms with Crippen LogP contribution < -0.4 is 10.9 Å². The van der Waals surface area contributed by atoms with E-state index >= 15 is 4.39 Å². The highest BCUT2D eigenvalue weighted by Crippen LogP contribution is 2.49. The standard InChI is InChI=1S/C24H25F3N4O3/c1-6-15(12(3)21(25)13(4)18(7-2)30-34)16-8-14-11-28-20(9-19(14)31(5)23(16)33)29-22(32)17-10-24(17,26)27/h6,8-9,11,17,34H,4,7,10H2,1-3,5H3,(H,28,29,32)/b15-6+,21-12+,30-18+. The molecule has 1 saturated carbocycles. The number of carbonyl (C=O) groups is 1. The maximum atomic E-state index is 15.1. The van der Waals surface area contributed by atoms with Crippen LogP contribution in [-0.4, -0.2) is 32.3 Å². The monoisotopic (exact) mass is 474 g/mol. The molecule has 3 rings (SSSR count). The molecule has 2 heterocycles. The Balaban J connectivity index is 2.02. The lowest BCUT2D eigenvalue weighted by Crippen LogP contribution is -2.22. The molecule has 0 bridgehead atoms. The predicted octanol–water partition coefficient (Wildman–Crippen LogP) is 4.97. The summed E-state index contributed by atoms with van der Waals surface area (Å²) in [6.07, 6.45) is 2.75. The molecule has 0 aliphatic heterocycles. The summed E-state index contributed by atoms with van der Waals surface area (Å²) in [4.78, 5) is 29.2. The van der Waals surface area contributed by atoms with E-state index in [9.17, 15) is 18.4 Å². The molecule has 10 heteroatoms. The molecule has 1 unspecified atom stereocenters. The Kier molecular flexibility index (Phi) is 6.81. The molecule has 0 aromatic carbocycles. The normalized spacial score (nSPS) is 18.5. The molecule has 0 saturated heterocycles. The van der Waals surface area contributed by atoms with Crippen LogP contribution in [0.1, 0.15) is 39.2 Å². The van der Waals surface area contributed by atoms with Gasteiger partial charge in [0.2, 0.25) is 5.91 Å². The number of alkyl halides is 2. The fourth-order valence-corrected chi connectivity index (χ4v) is 3.73. The molecule has 1 aliphatic rings. The van der Waals surface area contributed by atoms with E-state index in [0.717, 1.165) is 0 Å². The van der Waals surface area contributed by atoms with E-state index in [1.807, 2.05) is 0 Å². The number of hydrogen-bond donors (Lipinski definition) is 2. The van der Waals surface area contributed by atoms with Crippen LogP contribution in [0.15, 0.2) is 57.9 Å². The second kappa shape index (κ2) is 9.28. The first kappa shape index (κ1) is 24.9. The smallest absolute Gasteiger partial charge is 0.260 e. The quantitative estimate of drug-likeness (QED) is 0.256. The van der Waals surface area contributed by atoms with Gasteiger partial charge >= 0.3 is 0 Å². The second-order valence-corrected chi connectivity index (χ2v) is 8.08. The SMILES string of the molecule is C=C(/C(CC)=N/O)/C(F)=C(C)\C(=C/C)c1cc2cnc(NC(=O)C3CC3(F)F)cc2n(C)c1=O. The minimum Gasteiger partial charge on any atom is -0.411 e. The number of amides is 1. The third-order valence-corrected chi connectivity index (χ3v) is 5.88. The van der Waals surface area contributed by atoms with E-state index in [2.05, 4.69) is 22.0 Å². The number of aryl methyl sites for hydroxylation is 1. The van der Waals surface area contributed by atoms with Crippen molar-refractivity contribution in [3.05, 3.63) is 63.9 Å². The zero-order chi connectivity index (χ0) is 25.4. The largest absolute Gasteiger partial charge is 0.411 e. The third-order valence-electron chi connectivity index (χ3n) is 5.88. The van der Waals surface area contributed by atoms with Gasteiger partial charge in [0.25, 0.3) is 11.5 Å². The summed E-state index contributed by atoms with van der Waals surface area (Å²) in [7, 11) is 1.50. The zero-order valence-corrected chi connectivity index (χ0v) is 19.2. The van der Waals surface area contributed by atoms with Crippen molar-refractivity contribution in [2.24, 2.45) is 18.1 Å². The molecule has 1 amide bonds. The maximum absolute atomic E-state index is 15.1. The van der Waals surface area contributed by atoms with Crippen LogP contribution in [0.3, 0.4) is 0 Å². The van der Waals surface area contributed by atoms with Crippen LogP contribution in [0, 0.1) is 5.92 Å². The van der Waals surface area contributed by atoms with E-state index in [1.54, 1.807) is 26.0 Å². The number of fused-ring (bicyclic) bond motifs is 1. The van der Waals surface area contributed by atoms with Crippen molar-refractivity contribution in [3.8, 4) is 0 Å². The summed E-state index contributed by atoms with van der Waals surface area (Å²) in [6, 6.07) is 2.96. The van der Waals surface area contributed by atoms with Crippen molar-refractivity contribution in [3.63, 3.8) is 0 Å². The van der Waals surface area contributed by atoms with Gasteiger partial charge < -0.3 is 15.1 Å². The number of nitrogens with zero attached hydrogens (tertiary/aromatic N) is 3. The van der Waals surface area contributed by atoms with Crippen molar-refractivity contribution in [2.75, 3.05) is 5.32 Å². The average molecular weight is 474 g/mol. The van der Waals surface area contributed by atoms with Crippen LogP contribution >= 0.6 is 0 Å². The summed E-state index contributed by atoms with van der Waals surface area (Å²) in [6.45, 7) is 8.50. The molecule has 7 nitrogen and oxygen atoms in total. The number of anilines is 1. The Morgan fingerprint density at radius 3 is 2.62 bits per heavy atom. The van der Waals surface area contributed by atoms with Crippen molar-refractivity contribution in [2.45, 2.75) is 39.5 Å². The molecule has 2 aromatic heterocycles. The number of hydrogen-bond acceptors (Lipinski definition) is 5. The Bertz CT molecular complexity index is 1340. The van der Waals surface area contributed by atoms with Crippen LogP contribution in [0.25, 0.3) is 16.5 Å². The summed E-state index contributed by atoms with van der Waals surface area (Å²) in [5.41, 5.74) is 0.632. The molecule has 1 atom stereocenters. The van der Waals surface area contributed by atoms with Gasteiger partial charge in [0.15, 0.2) is 0 Å². The molecule has 1 aliphatic carbocycles. The minimum atomic E-state index is -3.00. The molecule has 0 spiro atoms. The Morgan fingerprint density at radius 2 is 2.09 bits per heavy atom. The van der Waals surface area contributed by atoms with E-state index in [-0.39, 0.29) is 34.7 Å². The van der Waals surface area contributed by atoms with Gasteiger partial charge in [0.1, 0.15) is 17.6 Å². The lowest BCUT2D eigenvalue weighted by molar-refractivity contribution is -0.119. The van der Waals surface area contributed by atoms with Crippen LogP contribution in [0.2, 0.25) is 0 Å². The Hall–Kier alpha value is -3.69. The van der Waals surface area contributed by atoms with Gasteiger partial charge in [-0.1, -0.05) is 24.7 Å². The van der Waals surface area contributed by atoms with Gasteiger partial charge in [-0.3, -0.25) is 9.59 Å². The van der Waals surface area contributed by atoms with Gasteiger partial charge in [-0.2, -0.15) is 0 Å². The number of halogens is 3. The highest BCUT2D eigenvalue weighted by Gasteiger charge is 2.61. The third kappa shape index (κ3) is 4.52. The molecule has 0 radical (unpaired) electrons. The Labute approximate surface area is 194 Å². The number of rotatable bonds is 7. The van der Waals surface area contributed by atoms with Crippen molar-refractivity contribution >= 4 is 33.9 Å².